The van der Waals surface area contributed by atoms with Crippen molar-refractivity contribution in [1.29, 1.82) is 0 Å². The lowest BCUT2D eigenvalue weighted by atomic mass is 9.94. The normalized spacial score (nSPS) is 12.2. The van der Waals surface area contributed by atoms with Gasteiger partial charge >= 0.3 is 7.82 Å². The number of benzene rings is 1. The lowest BCUT2D eigenvalue weighted by Crippen LogP contribution is -2.03. The van der Waals surface area contributed by atoms with E-state index >= 15 is 0 Å². The minimum atomic E-state index is -4.01. The average Bonchev–Trinajstić information content (AvgIpc) is 2.38. The second kappa shape index (κ2) is 6.96. The van der Waals surface area contributed by atoms with E-state index in [1.165, 1.54) is 0 Å². The summed E-state index contributed by atoms with van der Waals surface area (Å²) in [7, 11) is -4.01. The van der Waals surface area contributed by atoms with Crippen molar-refractivity contribution in [3.05, 3.63) is 29.3 Å². The molecular weight excluding hydrogens is 310 g/mol. The molecule has 0 spiro atoms. The molecule has 108 valence electrons. The van der Waals surface area contributed by atoms with Gasteiger partial charge in [-0.05, 0) is 23.0 Å². The number of hydrogen-bond donors (Lipinski definition) is 0. The molecule has 0 aromatic heterocycles. The van der Waals surface area contributed by atoms with Crippen LogP contribution in [0.3, 0.4) is 0 Å². The fourth-order valence-corrected chi connectivity index (χ4v) is 2.68. The molecule has 0 bridgehead atoms. The van der Waals surface area contributed by atoms with Gasteiger partial charge in [-0.1, -0.05) is 45.9 Å². The van der Waals surface area contributed by atoms with Gasteiger partial charge in [0.1, 0.15) is 5.75 Å². The zero-order chi connectivity index (χ0) is 14.6. The molecule has 0 radical (unpaired) electrons. The minimum absolute atomic E-state index is 0.174. The lowest BCUT2D eigenvalue weighted by Gasteiger charge is -2.21. The Morgan fingerprint density at radius 3 is 1.74 bits per heavy atom. The summed E-state index contributed by atoms with van der Waals surface area (Å²) in [4.78, 5) is 0. The van der Waals surface area contributed by atoms with E-state index in [9.17, 15) is 4.57 Å². The average molecular weight is 327 g/mol. The molecule has 0 aliphatic carbocycles. The molecule has 0 atom stereocenters. The van der Waals surface area contributed by atoms with Gasteiger partial charge in [-0.2, -0.15) is 8.15 Å². The van der Waals surface area contributed by atoms with Crippen LogP contribution in [0.5, 0.6) is 5.75 Å². The molecule has 19 heavy (non-hydrogen) atoms. The third kappa shape index (κ3) is 4.11. The third-order valence-electron chi connectivity index (χ3n) is 2.69. The first-order chi connectivity index (χ1) is 8.84. The molecule has 0 saturated carbocycles. The highest BCUT2D eigenvalue weighted by atomic mass is 35.5. The predicted octanol–water partition coefficient (Wildman–Crippen LogP) is 5.76. The fourth-order valence-electron chi connectivity index (χ4n) is 1.74. The van der Waals surface area contributed by atoms with Crippen molar-refractivity contribution in [3.8, 4) is 5.75 Å². The van der Waals surface area contributed by atoms with E-state index in [2.05, 4.69) is 8.15 Å². The maximum absolute atomic E-state index is 11.9. The van der Waals surface area contributed by atoms with Crippen LogP contribution in [-0.2, 0) is 12.7 Å². The number of rotatable bonds is 6. The first kappa shape index (κ1) is 16.8. The molecule has 0 fully saturated rings. The lowest BCUT2D eigenvalue weighted by molar-refractivity contribution is 0.315. The molecular formula is C12H17Cl2O4P. The summed E-state index contributed by atoms with van der Waals surface area (Å²) in [6, 6.07) is 5.70. The summed E-state index contributed by atoms with van der Waals surface area (Å²) in [6.45, 7) is 8.00. The Bertz CT molecular complexity index is 443. The third-order valence-corrected chi connectivity index (χ3v) is 4.45. The molecule has 1 rings (SSSR count). The SMILES string of the molecule is CC(C)c1cccc(C(C)C)c1OP(=O)(OCl)OCl. The van der Waals surface area contributed by atoms with Crippen molar-refractivity contribution in [1.82, 2.24) is 0 Å². The molecule has 7 heteroatoms. The number of para-hydroxylation sites is 1. The van der Waals surface area contributed by atoms with E-state index in [1.54, 1.807) is 0 Å². The summed E-state index contributed by atoms with van der Waals surface area (Å²) in [5, 5.41) is 0. The quantitative estimate of drug-likeness (QED) is 0.623. The molecule has 4 nitrogen and oxygen atoms in total. The maximum atomic E-state index is 11.9. The minimum Gasteiger partial charge on any atom is -0.402 e. The van der Waals surface area contributed by atoms with Gasteiger partial charge in [0.25, 0.3) is 0 Å². The predicted molar refractivity (Wildman–Crippen MR) is 76.7 cm³/mol. The van der Waals surface area contributed by atoms with Gasteiger partial charge in [0.15, 0.2) is 0 Å². The summed E-state index contributed by atoms with van der Waals surface area (Å²) in [6.07, 6.45) is 0. The van der Waals surface area contributed by atoms with E-state index in [0.717, 1.165) is 11.1 Å². The zero-order valence-electron chi connectivity index (χ0n) is 11.2. The van der Waals surface area contributed by atoms with Crippen LogP contribution >= 0.6 is 31.6 Å². The van der Waals surface area contributed by atoms with Crippen molar-refractivity contribution in [3.63, 3.8) is 0 Å². The Balaban J connectivity index is 3.33. The summed E-state index contributed by atoms with van der Waals surface area (Å²) in [5.74, 6) is 0.790. The first-order valence-electron chi connectivity index (χ1n) is 5.87. The Morgan fingerprint density at radius 2 is 1.42 bits per heavy atom. The van der Waals surface area contributed by atoms with Crippen molar-refractivity contribution in [2.75, 3.05) is 0 Å². The molecule has 0 aliphatic heterocycles. The second-order valence-corrected chi connectivity index (χ2v) is 6.93. The van der Waals surface area contributed by atoms with Gasteiger partial charge in [-0.15, -0.1) is 0 Å². The van der Waals surface area contributed by atoms with Crippen LogP contribution in [0.25, 0.3) is 0 Å². The van der Waals surface area contributed by atoms with Gasteiger partial charge in [0.05, 0.1) is 23.7 Å². The van der Waals surface area contributed by atoms with Gasteiger partial charge in [0, 0.05) is 0 Å². The van der Waals surface area contributed by atoms with Crippen LogP contribution in [0.1, 0.15) is 50.7 Å². The largest absolute Gasteiger partial charge is 0.563 e. The van der Waals surface area contributed by atoms with E-state index < -0.39 is 7.82 Å². The summed E-state index contributed by atoms with van der Waals surface area (Å²) in [5.41, 5.74) is 1.77. The van der Waals surface area contributed by atoms with Crippen LogP contribution in [0.15, 0.2) is 18.2 Å². The summed E-state index contributed by atoms with van der Waals surface area (Å²) >= 11 is 10.3. The van der Waals surface area contributed by atoms with Crippen LogP contribution in [0, 0.1) is 0 Å². The topological polar surface area (TPSA) is 44.8 Å². The molecule has 1 aromatic carbocycles. The van der Waals surface area contributed by atoms with Crippen LogP contribution < -0.4 is 4.52 Å². The van der Waals surface area contributed by atoms with E-state index in [1.807, 2.05) is 45.9 Å². The van der Waals surface area contributed by atoms with E-state index in [-0.39, 0.29) is 11.8 Å². The monoisotopic (exact) mass is 326 g/mol. The Morgan fingerprint density at radius 1 is 1.00 bits per heavy atom. The smallest absolute Gasteiger partial charge is 0.402 e. The molecule has 0 aliphatic rings. The molecule has 0 amide bonds. The van der Waals surface area contributed by atoms with E-state index in [0.29, 0.717) is 5.75 Å². The Labute approximate surface area is 123 Å². The van der Waals surface area contributed by atoms with Gasteiger partial charge in [-0.25, -0.2) is 4.57 Å². The van der Waals surface area contributed by atoms with Gasteiger partial charge in [0.2, 0.25) is 0 Å². The van der Waals surface area contributed by atoms with Crippen LogP contribution in [0.4, 0.5) is 0 Å². The summed E-state index contributed by atoms with van der Waals surface area (Å²) < 4.78 is 25.7. The number of halogens is 2. The molecule has 0 N–H and O–H groups in total. The molecule has 0 unspecified atom stereocenters. The first-order valence-corrected chi connectivity index (χ1v) is 7.95. The number of hydrogen-bond acceptors (Lipinski definition) is 4. The van der Waals surface area contributed by atoms with Crippen molar-refractivity contribution >= 4 is 31.6 Å². The van der Waals surface area contributed by atoms with Crippen LogP contribution in [0.2, 0.25) is 0 Å². The van der Waals surface area contributed by atoms with Crippen LogP contribution in [-0.4, -0.2) is 0 Å². The van der Waals surface area contributed by atoms with Crippen molar-refractivity contribution in [2.24, 2.45) is 0 Å². The standard InChI is InChI=1S/C12H17Cl2O4P/c1-8(2)10-6-5-7-11(9(3)4)12(10)16-19(15,17-13)18-14/h5-9H,1-4H3. The van der Waals surface area contributed by atoms with Gasteiger partial charge in [-0.3, -0.25) is 0 Å². The Kier molecular flexibility index (Phi) is 6.15. The van der Waals surface area contributed by atoms with Crippen molar-refractivity contribution in [2.45, 2.75) is 39.5 Å². The maximum Gasteiger partial charge on any atom is 0.563 e. The fraction of sp³-hybridized carbons (Fsp3) is 0.500. The van der Waals surface area contributed by atoms with Gasteiger partial charge < -0.3 is 4.52 Å². The highest BCUT2D eigenvalue weighted by molar-refractivity contribution is 7.50. The highest BCUT2D eigenvalue weighted by Crippen LogP contribution is 2.54. The van der Waals surface area contributed by atoms with E-state index in [4.69, 9.17) is 28.3 Å². The number of phosphoric acid groups is 1. The molecule has 1 aromatic rings. The van der Waals surface area contributed by atoms with Crippen molar-refractivity contribution < 1.29 is 17.2 Å². The zero-order valence-corrected chi connectivity index (χ0v) is 13.6. The second-order valence-electron chi connectivity index (χ2n) is 4.75. The highest BCUT2D eigenvalue weighted by Gasteiger charge is 2.31. The molecule has 0 heterocycles. The Hall–Kier alpha value is -0.250. The molecule has 0 saturated heterocycles.